The maximum Gasteiger partial charge on any atom is 0.418 e. The molecule has 4 rings (SSSR count). The number of benzene rings is 1. The van der Waals surface area contributed by atoms with Crippen molar-refractivity contribution in [2.75, 3.05) is 6.54 Å². The first-order chi connectivity index (χ1) is 13.2. The highest BCUT2D eigenvalue weighted by Gasteiger charge is 2.53. The van der Waals surface area contributed by atoms with E-state index in [1.54, 1.807) is 10.9 Å². The molecule has 0 spiro atoms. The van der Waals surface area contributed by atoms with Crippen LogP contribution in [0.5, 0.6) is 0 Å². The van der Waals surface area contributed by atoms with Gasteiger partial charge in [-0.2, -0.15) is 18.6 Å². The molecular formula is C16H16N4O7S. The molecule has 2 aliphatic rings. The molecular weight excluding hydrogens is 392 g/mol. The average molecular weight is 408 g/mol. The summed E-state index contributed by atoms with van der Waals surface area (Å²) in [6.45, 7) is 0.367. The number of amides is 2. The van der Waals surface area contributed by atoms with Crippen molar-refractivity contribution in [2.45, 2.75) is 25.0 Å². The van der Waals surface area contributed by atoms with Crippen molar-refractivity contribution in [3.63, 3.8) is 0 Å². The van der Waals surface area contributed by atoms with Gasteiger partial charge in [0.25, 0.3) is 0 Å². The van der Waals surface area contributed by atoms with E-state index in [1.807, 2.05) is 30.3 Å². The zero-order chi connectivity index (χ0) is 20.1. The van der Waals surface area contributed by atoms with Gasteiger partial charge in [0.05, 0.1) is 6.54 Å². The molecule has 0 aliphatic carbocycles. The SMILES string of the molecule is O=C(O)[C@@H]1c2nn(CCc3ccccc3)cc2[C@@H]2CN1C(=O)N2OS(=O)(=O)O. The Hall–Kier alpha value is -2.96. The van der Waals surface area contributed by atoms with Crippen molar-refractivity contribution in [1.29, 1.82) is 0 Å². The zero-order valence-corrected chi connectivity index (χ0v) is 15.2. The Balaban J connectivity index is 1.66. The van der Waals surface area contributed by atoms with E-state index in [9.17, 15) is 23.1 Å². The van der Waals surface area contributed by atoms with Crippen molar-refractivity contribution >= 4 is 22.4 Å². The Morgan fingerprint density at radius 3 is 2.64 bits per heavy atom. The second kappa shape index (κ2) is 6.58. The monoisotopic (exact) mass is 408 g/mol. The van der Waals surface area contributed by atoms with Crippen molar-refractivity contribution in [3.8, 4) is 0 Å². The van der Waals surface area contributed by atoms with Gasteiger partial charge in [-0.3, -0.25) is 9.23 Å². The predicted octanol–water partition coefficient (Wildman–Crippen LogP) is 0.778. The number of carboxylic acid groups (broad SMARTS) is 1. The number of hydrogen-bond donors (Lipinski definition) is 2. The maximum absolute atomic E-state index is 12.4. The van der Waals surface area contributed by atoms with Gasteiger partial charge in [0, 0.05) is 18.3 Å². The number of hydrogen-bond acceptors (Lipinski definition) is 6. The van der Waals surface area contributed by atoms with E-state index in [4.69, 9.17) is 4.55 Å². The van der Waals surface area contributed by atoms with Crippen LogP contribution in [0.3, 0.4) is 0 Å². The number of carbonyl (C=O) groups excluding carboxylic acids is 1. The molecule has 1 aromatic heterocycles. The highest BCUT2D eigenvalue weighted by molar-refractivity contribution is 7.80. The third-order valence-electron chi connectivity index (χ3n) is 4.72. The van der Waals surface area contributed by atoms with E-state index in [2.05, 4.69) is 9.38 Å². The van der Waals surface area contributed by atoms with Crippen molar-refractivity contribution in [3.05, 3.63) is 53.3 Å². The molecule has 2 atom stereocenters. The average Bonchev–Trinajstić information content (AvgIpc) is 3.16. The molecule has 1 aromatic carbocycles. The third kappa shape index (κ3) is 3.21. The van der Waals surface area contributed by atoms with E-state index in [-0.39, 0.29) is 12.2 Å². The molecule has 1 saturated heterocycles. The van der Waals surface area contributed by atoms with E-state index < -0.39 is 34.5 Å². The summed E-state index contributed by atoms with van der Waals surface area (Å²) in [5.41, 5.74) is 1.58. The van der Waals surface area contributed by atoms with E-state index in [0.29, 0.717) is 23.6 Å². The fourth-order valence-electron chi connectivity index (χ4n) is 3.55. The van der Waals surface area contributed by atoms with Gasteiger partial charge in [-0.25, -0.2) is 9.59 Å². The minimum Gasteiger partial charge on any atom is -0.479 e. The van der Waals surface area contributed by atoms with Crippen LogP contribution in [0.1, 0.15) is 28.9 Å². The van der Waals surface area contributed by atoms with E-state index in [1.165, 1.54) is 0 Å². The number of carbonyl (C=O) groups is 2. The molecule has 0 unspecified atom stereocenters. The summed E-state index contributed by atoms with van der Waals surface area (Å²) in [5.74, 6) is -1.30. The Morgan fingerprint density at radius 2 is 2.00 bits per heavy atom. The zero-order valence-electron chi connectivity index (χ0n) is 14.4. The summed E-state index contributed by atoms with van der Waals surface area (Å²) in [6, 6.07) is 6.40. The van der Waals surface area contributed by atoms with Crippen LogP contribution < -0.4 is 0 Å². The van der Waals surface area contributed by atoms with Crippen LogP contribution in [0.4, 0.5) is 4.79 Å². The third-order valence-corrected chi connectivity index (χ3v) is 5.07. The molecule has 28 heavy (non-hydrogen) atoms. The number of urea groups is 1. The summed E-state index contributed by atoms with van der Waals surface area (Å²) in [7, 11) is -4.96. The number of fused-ring (bicyclic) bond motifs is 4. The minimum absolute atomic E-state index is 0.0945. The molecule has 3 heterocycles. The lowest BCUT2D eigenvalue weighted by molar-refractivity contribution is -0.142. The fourth-order valence-corrected chi connectivity index (χ4v) is 3.92. The summed E-state index contributed by atoms with van der Waals surface area (Å²) < 4.78 is 37.1. The number of rotatable bonds is 6. The smallest absolute Gasteiger partial charge is 0.418 e. The van der Waals surface area contributed by atoms with Gasteiger partial charge in [-0.05, 0) is 12.0 Å². The summed E-state index contributed by atoms with van der Waals surface area (Å²) in [5, 5.41) is 14.4. The molecule has 2 aromatic rings. The fraction of sp³-hybridized carbons (Fsp3) is 0.312. The topological polar surface area (TPSA) is 142 Å². The van der Waals surface area contributed by atoms with Gasteiger partial charge in [-0.15, -0.1) is 4.28 Å². The number of carboxylic acids is 1. The molecule has 11 nitrogen and oxygen atoms in total. The van der Waals surface area contributed by atoms with Crippen LogP contribution in [-0.4, -0.2) is 56.4 Å². The van der Waals surface area contributed by atoms with Crippen molar-refractivity contribution in [2.24, 2.45) is 0 Å². The molecule has 0 radical (unpaired) electrons. The highest BCUT2D eigenvalue weighted by atomic mass is 32.3. The molecule has 148 valence electrons. The first-order valence-corrected chi connectivity index (χ1v) is 9.72. The molecule has 12 heteroatoms. The van der Waals surface area contributed by atoms with Gasteiger partial charge in [-0.1, -0.05) is 30.3 Å². The first-order valence-electron chi connectivity index (χ1n) is 8.35. The van der Waals surface area contributed by atoms with Crippen LogP contribution in [-0.2, 0) is 32.4 Å². The number of nitrogens with zero attached hydrogens (tertiary/aromatic N) is 4. The largest absolute Gasteiger partial charge is 0.479 e. The number of aliphatic carboxylic acids is 1. The maximum atomic E-state index is 12.4. The standard InChI is InChI=1S/C16H16N4O7S/c21-15(22)14-13-11(8-18(17-13)7-6-10-4-2-1-3-5-10)12-9-19(14)16(23)20(12)27-28(24,25)26/h1-5,8,12,14H,6-7,9H2,(H,21,22)(H,24,25,26)/t12-,14-/m0/s1. The van der Waals surface area contributed by atoms with Crippen LogP contribution >= 0.6 is 0 Å². The van der Waals surface area contributed by atoms with E-state index in [0.717, 1.165) is 10.5 Å². The molecule has 2 aliphatic heterocycles. The summed E-state index contributed by atoms with van der Waals surface area (Å²) >= 11 is 0. The predicted molar refractivity (Wildman–Crippen MR) is 92.1 cm³/mol. The quantitative estimate of drug-likeness (QED) is 0.668. The highest BCUT2D eigenvalue weighted by Crippen LogP contribution is 2.43. The molecule has 2 N–H and O–H groups in total. The molecule has 0 saturated carbocycles. The van der Waals surface area contributed by atoms with Gasteiger partial charge in [0.15, 0.2) is 6.04 Å². The Kier molecular flexibility index (Phi) is 4.33. The van der Waals surface area contributed by atoms with Gasteiger partial charge in [0.2, 0.25) is 0 Å². The first kappa shape index (κ1) is 18.4. The van der Waals surface area contributed by atoms with Gasteiger partial charge < -0.3 is 10.0 Å². The second-order valence-corrected chi connectivity index (χ2v) is 7.49. The summed E-state index contributed by atoms with van der Waals surface area (Å²) in [4.78, 5) is 25.1. The lowest BCUT2D eigenvalue weighted by Crippen LogP contribution is -2.38. The number of aromatic nitrogens is 2. The molecule has 2 amide bonds. The van der Waals surface area contributed by atoms with Crippen LogP contribution in [0.15, 0.2) is 36.5 Å². The van der Waals surface area contributed by atoms with Crippen LogP contribution in [0.25, 0.3) is 0 Å². The lowest BCUT2D eigenvalue weighted by Gasteiger charge is -2.26. The lowest BCUT2D eigenvalue weighted by atomic mass is 9.98. The van der Waals surface area contributed by atoms with Crippen LogP contribution in [0.2, 0.25) is 0 Å². The van der Waals surface area contributed by atoms with Crippen molar-refractivity contribution in [1.82, 2.24) is 19.7 Å². The normalized spacial score (nSPS) is 21.1. The molecule has 2 bridgehead atoms. The van der Waals surface area contributed by atoms with Gasteiger partial charge in [0.1, 0.15) is 11.7 Å². The van der Waals surface area contributed by atoms with E-state index >= 15 is 0 Å². The molecule has 1 fully saturated rings. The Bertz CT molecular complexity index is 1040. The Morgan fingerprint density at radius 1 is 1.29 bits per heavy atom. The van der Waals surface area contributed by atoms with Crippen molar-refractivity contribution < 1.29 is 31.9 Å². The Labute approximate surface area is 159 Å². The number of aryl methyl sites for hydroxylation is 2. The van der Waals surface area contributed by atoms with Gasteiger partial charge >= 0.3 is 22.4 Å². The number of hydroxylamine groups is 2. The second-order valence-electron chi connectivity index (χ2n) is 6.49. The van der Waals surface area contributed by atoms with Crippen LogP contribution in [0, 0.1) is 0 Å². The summed E-state index contributed by atoms with van der Waals surface area (Å²) in [6.07, 6.45) is 2.23. The minimum atomic E-state index is -4.96.